The van der Waals surface area contributed by atoms with Gasteiger partial charge in [-0.3, -0.25) is 14.9 Å². The lowest BCUT2D eigenvalue weighted by Crippen LogP contribution is -2.27. The van der Waals surface area contributed by atoms with E-state index < -0.39 is 4.92 Å². The number of nitrogens with zero attached hydrogens (tertiary/aromatic N) is 2. The summed E-state index contributed by atoms with van der Waals surface area (Å²) >= 11 is 0. The van der Waals surface area contributed by atoms with Gasteiger partial charge >= 0.3 is 5.69 Å². The Labute approximate surface area is 169 Å². The maximum Gasteiger partial charge on any atom is 0.313 e. The van der Waals surface area contributed by atoms with Gasteiger partial charge in [0.25, 0.3) is 5.91 Å². The molecule has 9 nitrogen and oxygen atoms in total. The topological polar surface area (TPSA) is 106 Å². The third-order valence-electron chi connectivity index (χ3n) is 4.21. The maximum absolute atomic E-state index is 12.6. The number of hydrogen-bond donors (Lipinski definition) is 2. The highest BCUT2D eigenvalue weighted by atomic mass is 16.6. The molecule has 0 bridgehead atoms. The minimum atomic E-state index is -0.535. The van der Waals surface area contributed by atoms with Crippen LogP contribution in [0.5, 0.6) is 11.5 Å². The van der Waals surface area contributed by atoms with E-state index in [4.69, 9.17) is 9.47 Å². The highest BCUT2D eigenvalue weighted by Gasteiger charge is 2.21. The van der Waals surface area contributed by atoms with Gasteiger partial charge in [-0.2, -0.15) is 0 Å². The van der Waals surface area contributed by atoms with Crippen LogP contribution in [0.2, 0.25) is 0 Å². The van der Waals surface area contributed by atoms with Crippen LogP contribution in [-0.2, 0) is 0 Å². The van der Waals surface area contributed by atoms with Crippen LogP contribution < -0.4 is 20.1 Å². The van der Waals surface area contributed by atoms with Crippen LogP contribution in [0.15, 0.2) is 36.4 Å². The molecule has 0 heterocycles. The molecule has 0 aliphatic carbocycles. The van der Waals surface area contributed by atoms with Crippen molar-refractivity contribution >= 4 is 23.0 Å². The summed E-state index contributed by atoms with van der Waals surface area (Å²) in [4.78, 5) is 25.5. The van der Waals surface area contributed by atoms with Gasteiger partial charge < -0.3 is 25.0 Å². The number of nitro groups is 1. The Morgan fingerprint density at radius 2 is 1.79 bits per heavy atom. The molecule has 2 aromatic rings. The summed E-state index contributed by atoms with van der Waals surface area (Å²) in [6, 6.07) is 9.70. The van der Waals surface area contributed by atoms with Gasteiger partial charge in [0.1, 0.15) is 5.75 Å². The molecule has 0 fully saturated rings. The summed E-state index contributed by atoms with van der Waals surface area (Å²) in [5.74, 6) is 0.215. The largest absolute Gasteiger partial charge is 0.494 e. The highest BCUT2D eigenvalue weighted by molar-refractivity contribution is 6.00. The molecule has 156 valence electrons. The number of benzene rings is 2. The predicted molar refractivity (Wildman–Crippen MR) is 111 cm³/mol. The summed E-state index contributed by atoms with van der Waals surface area (Å²) in [6.07, 6.45) is 0.826. The van der Waals surface area contributed by atoms with Crippen molar-refractivity contribution in [1.82, 2.24) is 10.2 Å². The Hall–Kier alpha value is -3.33. The highest BCUT2D eigenvalue weighted by Crippen LogP contribution is 2.39. The fourth-order valence-corrected chi connectivity index (χ4v) is 2.75. The van der Waals surface area contributed by atoms with Crippen molar-refractivity contribution < 1.29 is 19.2 Å². The van der Waals surface area contributed by atoms with E-state index >= 15 is 0 Å². The Morgan fingerprint density at radius 3 is 2.41 bits per heavy atom. The summed E-state index contributed by atoms with van der Waals surface area (Å²) < 4.78 is 10.4. The van der Waals surface area contributed by atoms with Crippen LogP contribution >= 0.6 is 0 Å². The minimum absolute atomic E-state index is 0.0873. The molecule has 29 heavy (non-hydrogen) atoms. The molecule has 0 aliphatic rings. The molecule has 0 unspecified atom stereocenters. The Bertz CT molecular complexity index is 870. The predicted octanol–water partition coefficient (Wildman–Crippen LogP) is 3.04. The number of carbonyl (C=O) groups excluding carboxylic acids is 1. The first-order valence-corrected chi connectivity index (χ1v) is 9.06. The number of methoxy groups -OCH3 is 2. The Balaban J connectivity index is 2.27. The van der Waals surface area contributed by atoms with Crippen molar-refractivity contribution in [3.05, 3.63) is 52.1 Å². The van der Waals surface area contributed by atoms with Crippen molar-refractivity contribution in [3.63, 3.8) is 0 Å². The zero-order valence-corrected chi connectivity index (χ0v) is 17.0. The van der Waals surface area contributed by atoms with Crippen molar-refractivity contribution in [1.29, 1.82) is 0 Å². The van der Waals surface area contributed by atoms with Gasteiger partial charge in [0.2, 0.25) is 5.75 Å². The average molecular weight is 402 g/mol. The summed E-state index contributed by atoms with van der Waals surface area (Å²) in [5, 5.41) is 17.3. The van der Waals surface area contributed by atoms with E-state index in [1.165, 1.54) is 26.4 Å². The minimum Gasteiger partial charge on any atom is -0.494 e. The number of hydrogen-bond acceptors (Lipinski definition) is 7. The Morgan fingerprint density at radius 1 is 1.10 bits per heavy atom. The second-order valence-electron chi connectivity index (χ2n) is 6.56. The maximum atomic E-state index is 12.6. The normalized spacial score (nSPS) is 10.5. The molecule has 0 aliphatic heterocycles. The molecule has 2 N–H and O–H groups in total. The van der Waals surface area contributed by atoms with Gasteiger partial charge in [-0.15, -0.1) is 0 Å². The third kappa shape index (κ3) is 5.82. The molecule has 0 saturated carbocycles. The first-order chi connectivity index (χ1) is 13.9. The quantitative estimate of drug-likeness (QED) is 0.357. The Kier molecular flexibility index (Phi) is 7.79. The molecular formula is C20H26N4O5. The first kappa shape index (κ1) is 22.0. The monoisotopic (exact) mass is 402 g/mol. The first-order valence-electron chi connectivity index (χ1n) is 9.06. The molecule has 2 rings (SSSR count). The molecule has 0 saturated heterocycles. The van der Waals surface area contributed by atoms with Crippen molar-refractivity contribution in [3.8, 4) is 11.5 Å². The molecule has 9 heteroatoms. The number of carbonyl (C=O) groups is 1. The average Bonchev–Trinajstić information content (AvgIpc) is 2.70. The molecule has 2 aromatic carbocycles. The fraction of sp³-hybridized carbons (Fsp3) is 0.350. The molecule has 0 aromatic heterocycles. The number of nitro benzene ring substituents is 1. The van der Waals surface area contributed by atoms with E-state index in [1.54, 1.807) is 24.3 Å². The summed E-state index contributed by atoms with van der Waals surface area (Å²) in [7, 11) is 6.75. The second kappa shape index (κ2) is 10.3. The van der Waals surface area contributed by atoms with Gasteiger partial charge in [-0.25, -0.2) is 0 Å². The van der Waals surface area contributed by atoms with Crippen LogP contribution in [0.1, 0.15) is 16.8 Å². The van der Waals surface area contributed by atoms with Crippen molar-refractivity contribution in [2.75, 3.05) is 46.7 Å². The fourth-order valence-electron chi connectivity index (χ4n) is 2.75. The van der Waals surface area contributed by atoms with Crippen LogP contribution in [0, 0.1) is 10.1 Å². The van der Waals surface area contributed by atoms with Gasteiger partial charge in [-0.1, -0.05) is 12.1 Å². The smallest absolute Gasteiger partial charge is 0.313 e. The van der Waals surface area contributed by atoms with Gasteiger partial charge in [-0.05, 0) is 39.2 Å². The van der Waals surface area contributed by atoms with Gasteiger partial charge in [0.15, 0.2) is 0 Å². The number of anilines is 2. The van der Waals surface area contributed by atoms with Gasteiger partial charge in [0.05, 0.1) is 36.1 Å². The summed E-state index contributed by atoms with van der Waals surface area (Å²) in [5.41, 5.74) is 1.09. The number of amides is 1. The molecule has 0 atom stereocenters. The standard InChI is InChI=1S/C20H26N4O5/c1-23(2)11-7-10-21-20(25)14-8-5-6-9-15(14)22-16-12-17(24(26)27)19(29-4)13-18(16)28-3/h5-6,8-9,12-13,22H,7,10-11H2,1-4H3,(H,21,25). The summed E-state index contributed by atoms with van der Waals surface area (Å²) in [6.45, 7) is 1.41. The molecular weight excluding hydrogens is 376 g/mol. The number of nitrogens with one attached hydrogen (secondary N) is 2. The van der Waals surface area contributed by atoms with E-state index in [1.807, 2.05) is 19.0 Å². The zero-order valence-electron chi connectivity index (χ0n) is 17.0. The molecule has 1 amide bonds. The van der Waals surface area contributed by atoms with E-state index in [2.05, 4.69) is 10.6 Å². The van der Waals surface area contributed by atoms with Crippen LogP contribution in [0.25, 0.3) is 0 Å². The van der Waals surface area contributed by atoms with Crippen LogP contribution in [-0.4, -0.2) is 57.1 Å². The van der Waals surface area contributed by atoms with Crippen molar-refractivity contribution in [2.24, 2.45) is 0 Å². The van der Waals surface area contributed by atoms with E-state index in [0.29, 0.717) is 29.2 Å². The van der Waals surface area contributed by atoms with Crippen LogP contribution in [0.4, 0.5) is 17.1 Å². The van der Waals surface area contributed by atoms with Crippen LogP contribution in [0.3, 0.4) is 0 Å². The second-order valence-corrected chi connectivity index (χ2v) is 6.56. The number of rotatable bonds is 10. The number of para-hydroxylation sites is 1. The molecule has 0 spiro atoms. The third-order valence-corrected chi connectivity index (χ3v) is 4.21. The van der Waals surface area contributed by atoms with E-state index in [9.17, 15) is 14.9 Å². The van der Waals surface area contributed by atoms with E-state index in [-0.39, 0.29) is 17.3 Å². The zero-order chi connectivity index (χ0) is 21.4. The lowest BCUT2D eigenvalue weighted by Gasteiger charge is -2.16. The number of ether oxygens (including phenoxy) is 2. The lowest BCUT2D eigenvalue weighted by molar-refractivity contribution is -0.385. The SMILES string of the molecule is COc1cc(OC)c([N+](=O)[O-])cc1Nc1ccccc1C(=O)NCCCN(C)C. The van der Waals surface area contributed by atoms with Crippen molar-refractivity contribution in [2.45, 2.75) is 6.42 Å². The molecule has 0 radical (unpaired) electrons. The van der Waals surface area contributed by atoms with E-state index in [0.717, 1.165) is 13.0 Å². The van der Waals surface area contributed by atoms with Gasteiger partial charge in [0, 0.05) is 18.7 Å². The lowest BCUT2D eigenvalue weighted by atomic mass is 10.1.